The molecule has 0 atom stereocenters. The van der Waals surface area contributed by atoms with Crippen LogP contribution in [0, 0.1) is 0 Å². The van der Waals surface area contributed by atoms with Crippen molar-refractivity contribution in [3.05, 3.63) is 53.3 Å². The average Bonchev–Trinajstić information content (AvgIpc) is 2.68. The fourth-order valence-corrected chi connectivity index (χ4v) is 1.99. The molecule has 3 heteroatoms. The van der Waals surface area contributed by atoms with Gasteiger partial charge in [0, 0.05) is 25.0 Å². The van der Waals surface area contributed by atoms with Crippen LogP contribution in [0.2, 0.25) is 0 Å². The van der Waals surface area contributed by atoms with Gasteiger partial charge in [0.25, 0.3) is 0 Å². The lowest BCUT2D eigenvalue weighted by Crippen LogP contribution is -2.27. The largest absolute Gasteiger partial charge is 0.300 e. The molecule has 0 radical (unpaired) electrons. The monoisotopic (exact) mass is 235 g/mol. The average molecular weight is 235 g/mol. The van der Waals surface area contributed by atoms with E-state index in [2.05, 4.69) is 28.7 Å². The highest BCUT2D eigenvalue weighted by molar-refractivity contribution is 5.69. The fraction of sp³-hybridized carbons (Fsp3) is 0.0667. The number of hydrogen-bond donors (Lipinski definition) is 0. The van der Waals surface area contributed by atoms with Crippen molar-refractivity contribution in [1.29, 1.82) is 0 Å². The smallest absolute Gasteiger partial charge is 0.137 e. The molecule has 0 spiro atoms. The number of aromatic nitrogens is 2. The zero-order chi connectivity index (χ0) is 12.4. The van der Waals surface area contributed by atoms with E-state index in [0.29, 0.717) is 0 Å². The molecule has 0 saturated carbocycles. The number of nitrogens with zero attached hydrogens (tertiary/aromatic N) is 3. The second-order valence-corrected chi connectivity index (χ2v) is 4.08. The lowest BCUT2D eigenvalue weighted by molar-refractivity contribution is 0.968. The van der Waals surface area contributed by atoms with Gasteiger partial charge in [-0.2, -0.15) is 0 Å². The van der Waals surface area contributed by atoms with Gasteiger partial charge in [-0.1, -0.05) is 18.7 Å². The molecule has 0 aromatic carbocycles. The number of hydrogen-bond acceptors (Lipinski definition) is 2. The quantitative estimate of drug-likeness (QED) is 0.776. The van der Waals surface area contributed by atoms with E-state index in [9.17, 15) is 0 Å². The summed E-state index contributed by atoms with van der Waals surface area (Å²) in [5.74, 6) is 0.892. The van der Waals surface area contributed by atoms with Crippen molar-refractivity contribution in [3.8, 4) is 5.82 Å². The topological polar surface area (TPSA) is 30.2 Å². The second-order valence-electron chi connectivity index (χ2n) is 4.08. The van der Waals surface area contributed by atoms with Gasteiger partial charge in [0.05, 0.1) is 11.5 Å². The van der Waals surface area contributed by atoms with E-state index in [1.165, 1.54) is 5.22 Å². The predicted octanol–water partition coefficient (Wildman–Crippen LogP) is 1.51. The first-order chi connectivity index (χ1) is 8.88. The van der Waals surface area contributed by atoms with Crippen molar-refractivity contribution in [2.45, 2.75) is 6.42 Å². The Morgan fingerprint density at radius 2 is 2.22 bits per heavy atom. The van der Waals surface area contributed by atoms with E-state index >= 15 is 0 Å². The van der Waals surface area contributed by atoms with Crippen molar-refractivity contribution in [1.82, 2.24) is 9.55 Å². The Kier molecular flexibility index (Phi) is 2.65. The van der Waals surface area contributed by atoms with E-state index in [4.69, 9.17) is 0 Å². The van der Waals surface area contributed by atoms with Crippen molar-refractivity contribution in [3.63, 3.8) is 0 Å². The molecule has 3 rings (SSSR count). The highest BCUT2D eigenvalue weighted by Crippen LogP contribution is 2.04. The van der Waals surface area contributed by atoms with Gasteiger partial charge in [-0.25, -0.2) is 4.98 Å². The van der Waals surface area contributed by atoms with Gasteiger partial charge in [0.1, 0.15) is 5.82 Å². The summed E-state index contributed by atoms with van der Waals surface area (Å²) in [6.45, 7) is 3.73. The molecular weight excluding hydrogens is 222 g/mol. The molecule has 0 fully saturated rings. The maximum Gasteiger partial charge on any atom is 0.137 e. The van der Waals surface area contributed by atoms with Crippen LogP contribution >= 0.6 is 0 Å². The third kappa shape index (κ3) is 1.80. The fourth-order valence-electron chi connectivity index (χ4n) is 1.99. The van der Waals surface area contributed by atoms with Crippen LogP contribution in [0.1, 0.15) is 12.0 Å². The second kappa shape index (κ2) is 4.45. The van der Waals surface area contributed by atoms with Crippen LogP contribution in [0.15, 0.2) is 42.2 Å². The van der Waals surface area contributed by atoms with Gasteiger partial charge in [-0.05, 0) is 29.0 Å². The summed E-state index contributed by atoms with van der Waals surface area (Å²) in [5.41, 5.74) is 1.02. The molecule has 88 valence electrons. The lowest BCUT2D eigenvalue weighted by Gasteiger charge is -2.02. The molecule has 0 bridgehead atoms. The molecular formula is C15H13N3. The first-order valence-electron chi connectivity index (χ1n) is 5.87. The number of aliphatic imine (C=N–C) groups is 1. The summed E-state index contributed by atoms with van der Waals surface area (Å²) in [6.07, 6.45) is 12.4. The van der Waals surface area contributed by atoms with E-state index in [0.717, 1.165) is 23.2 Å². The minimum atomic E-state index is 0.871. The van der Waals surface area contributed by atoms with E-state index in [1.54, 1.807) is 6.08 Å². The van der Waals surface area contributed by atoms with Crippen LogP contribution < -0.4 is 10.6 Å². The maximum absolute atomic E-state index is 4.44. The molecule has 0 saturated heterocycles. The van der Waals surface area contributed by atoms with Crippen LogP contribution in [0.5, 0.6) is 0 Å². The Bertz CT molecular complexity index is 718. The normalized spacial score (nSPS) is 13.1. The zero-order valence-corrected chi connectivity index (χ0v) is 9.95. The molecule has 0 N–H and O–H groups in total. The lowest BCUT2D eigenvalue weighted by atomic mass is 10.3. The Labute approximate surface area is 105 Å². The van der Waals surface area contributed by atoms with Crippen molar-refractivity contribution < 1.29 is 0 Å². The summed E-state index contributed by atoms with van der Waals surface area (Å²) in [7, 11) is 0. The van der Waals surface area contributed by atoms with Gasteiger partial charge in [-0.3, -0.25) is 9.56 Å². The van der Waals surface area contributed by atoms with Crippen LogP contribution in [-0.4, -0.2) is 15.8 Å². The van der Waals surface area contributed by atoms with Gasteiger partial charge in [0.15, 0.2) is 0 Å². The van der Waals surface area contributed by atoms with E-state index in [1.807, 2.05) is 41.5 Å². The number of rotatable bonds is 2. The van der Waals surface area contributed by atoms with Crippen LogP contribution in [0.4, 0.5) is 0 Å². The Hall–Kier alpha value is -2.42. The summed E-state index contributed by atoms with van der Waals surface area (Å²) in [4.78, 5) is 8.69. The standard InChI is InChI=1S/C15H13N3/c1-2-12-5-6-15(17-10-12)18-9-7-13-4-3-8-16-11-14(13)18/h2,4-11H,1,3H2. The molecule has 0 aliphatic carbocycles. The third-order valence-corrected chi connectivity index (χ3v) is 2.96. The Morgan fingerprint density at radius 1 is 1.28 bits per heavy atom. The van der Waals surface area contributed by atoms with Crippen LogP contribution in [0.25, 0.3) is 24.2 Å². The summed E-state index contributed by atoms with van der Waals surface area (Å²) in [6, 6.07) is 6.08. The molecule has 1 aliphatic rings. The molecule has 3 heterocycles. The SMILES string of the molecule is C=Cc1ccc(-n2ccc3c2=CN=CCC=3)nc1. The van der Waals surface area contributed by atoms with Gasteiger partial charge >= 0.3 is 0 Å². The number of fused-ring (bicyclic) bond motifs is 1. The molecule has 1 aliphatic heterocycles. The molecule has 18 heavy (non-hydrogen) atoms. The highest BCUT2D eigenvalue weighted by Gasteiger charge is 2.01. The van der Waals surface area contributed by atoms with Crippen molar-refractivity contribution in [2.75, 3.05) is 0 Å². The molecule has 2 aromatic rings. The summed E-state index contributed by atoms with van der Waals surface area (Å²) < 4.78 is 2.04. The molecule has 0 unspecified atom stereocenters. The van der Waals surface area contributed by atoms with Crippen LogP contribution in [0.3, 0.4) is 0 Å². The van der Waals surface area contributed by atoms with E-state index in [-0.39, 0.29) is 0 Å². The molecule has 0 amide bonds. The zero-order valence-electron chi connectivity index (χ0n) is 9.95. The predicted molar refractivity (Wildman–Crippen MR) is 74.9 cm³/mol. The Balaban J connectivity index is 2.18. The first kappa shape index (κ1) is 10.7. The van der Waals surface area contributed by atoms with E-state index < -0.39 is 0 Å². The molecule has 2 aromatic heterocycles. The number of pyridine rings is 1. The van der Waals surface area contributed by atoms with Crippen LogP contribution in [-0.2, 0) is 0 Å². The minimum Gasteiger partial charge on any atom is -0.300 e. The van der Waals surface area contributed by atoms with Crippen molar-refractivity contribution in [2.24, 2.45) is 4.99 Å². The third-order valence-electron chi connectivity index (χ3n) is 2.96. The van der Waals surface area contributed by atoms with Gasteiger partial charge < -0.3 is 0 Å². The summed E-state index contributed by atoms with van der Waals surface area (Å²) in [5, 5.41) is 2.27. The maximum atomic E-state index is 4.44. The molecule has 3 nitrogen and oxygen atoms in total. The summed E-state index contributed by atoms with van der Waals surface area (Å²) >= 11 is 0. The van der Waals surface area contributed by atoms with Crippen molar-refractivity contribution >= 4 is 24.6 Å². The minimum absolute atomic E-state index is 0.871. The van der Waals surface area contributed by atoms with Gasteiger partial charge in [0.2, 0.25) is 0 Å². The Morgan fingerprint density at radius 3 is 3.00 bits per heavy atom. The highest BCUT2D eigenvalue weighted by atomic mass is 15.0. The van der Waals surface area contributed by atoms with Gasteiger partial charge in [-0.15, -0.1) is 0 Å². The first-order valence-corrected chi connectivity index (χ1v) is 5.87.